The summed E-state index contributed by atoms with van der Waals surface area (Å²) >= 11 is 0. The minimum absolute atomic E-state index is 0.0815. The molecule has 1 heterocycles. The van der Waals surface area contributed by atoms with Crippen molar-refractivity contribution in [2.75, 3.05) is 21.3 Å². The van der Waals surface area contributed by atoms with Crippen LogP contribution in [0, 0.1) is 11.7 Å². The van der Waals surface area contributed by atoms with E-state index in [-0.39, 0.29) is 23.7 Å². The molecule has 0 radical (unpaired) electrons. The Bertz CT molecular complexity index is 1170. The fourth-order valence-corrected chi connectivity index (χ4v) is 4.82. The molecule has 0 bridgehead atoms. The summed E-state index contributed by atoms with van der Waals surface area (Å²) in [6, 6.07) is 11.8. The summed E-state index contributed by atoms with van der Waals surface area (Å²) in [4.78, 5) is 26.2. The molecule has 0 fully saturated rings. The van der Waals surface area contributed by atoms with Crippen molar-refractivity contribution in [1.29, 1.82) is 0 Å². The molecular weight excluding hydrogens is 425 g/mol. The van der Waals surface area contributed by atoms with Crippen LogP contribution in [0.25, 0.3) is 0 Å². The Morgan fingerprint density at radius 2 is 1.76 bits per heavy atom. The maximum atomic E-state index is 14.9. The number of hydrogen-bond acceptors (Lipinski definition) is 6. The van der Waals surface area contributed by atoms with Gasteiger partial charge in [0.25, 0.3) is 0 Å². The van der Waals surface area contributed by atoms with Crippen molar-refractivity contribution in [2.24, 2.45) is 5.92 Å². The molecule has 1 aliphatic heterocycles. The normalized spacial score (nSPS) is 22.2. The minimum atomic E-state index is -0.773. The number of benzene rings is 2. The first-order valence-electron chi connectivity index (χ1n) is 10.7. The molecule has 0 saturated carbocycles. The number of Topliss-reactive ketones (excluding diaryl/α,β-unsaturated/α-hetero) is 1. The van der Waals surface area contributed by atoms with E-state index >= 15 is 0 Å². The van der Waals surface area contributed by atoms with Crippen LogP contribution in [0.2, 0.25) is 0 Å². The quantitative estimate of drug-likeness (QED) is 0.686. The van der Waals surface area contributed by atoms with Gasteiger partial charge in [0.15, 0.2) is 11.5 Å². The predicted molar refractivity (Wildman–Crippen MR) is 120 cm³/mol. The van der Waals surface area contributed by atoms with Gasteiger partial charge in [0, 0.05) is 29.7 Å². The maximum Gasteiger partial charge on any atom is 0.336 e. The zero-order valence-corrected chi connectivity index (χ0v) is 19.0. The number of halogens is 1. The molecule has 7 heteroatoms. The first kappa shape index (κ1) is 22.6. The van der Waals surface area contributed by atoms with Gasteiger partial charge in [-0.2, -0.15) is 0 Å². The molecule has 1 aliphatic carbocycles. The van der Waals surface area contributed by atoms with Crippen LogP contribution in [0.4, 0.5) is 4.39 Å². The summed E-state index contributed by atoms with van der Waals surface area (Å²) in [5, 5.41) is 3.22. The lowest BCUT2D eigenvalue weighted by atomic mass is 9.68. The topological polar surface area (TPSA) is 73.9 Å². The van der Waals surface area contributed by atoms with Crippen LogP contribution in [0.3, 0.4) is 0 Å². The van der Waals surface area contributed by atoms with Gasteiger partial charge < -0.3 is 19.5 Å². The number of carbonyl (C=O) groups is 2. The van der Waals surface area contributed by atoms with Gasteiger partial charge in [-0.1, -0.05) is 30.3 Å². The van der Waals surface area contributed by atoms with Gasteiger partial charge in [0.1, 0.15) is 11.6 Å². The van der Waals surface area contributed by atoms with Crippen molar-refractivity contribution >= 4 is 11.8 Å². The second-order valence-corrected chi connectivity index (χ2v) is 8.15. The van der Waals surface area contributed by atoms with E-state index in [1.165, 1.54) is 13.2 Å². The van der Waals surface area contributed by atoms with Crippen molar-refractivity contribution in [3.05, 3.63) is 82.5 Å². The van der Waals surface area contributed by atoms with E-state index in [2.05, 4.69) is 5.32 Å². The summed E-state index contributed by atoms with van der Waals surface area (Å²) in [6.45, 7) is 1.74. The van der Waals surface area contributed by atoms with Crippen molar-refractivity contribution < 1.29 is 28.2 Å². The number of hydrogen-bond donors (Lipinski definition) is 1. The molecule has 2 aromatic rings. The van der Waals surface area contributed by atoms with Gasteiger partial charge in [-0.05, 0) is 36.2 Å². The summed E-state index contributed by atoms with van der Waals surface area (Å²) < 4.78 is 30.6. The van der Waals surface area contributed by atoms with Crippen LogP contribution in [0.5, 0.6) is 11.5 Å². The van der Waals surface area contributed by atoms with Gasteiger partial charge in [0.05, 0.1) is 32.8 Å². The van der Waals surface area contributed by atoms with Crippen LogP contribution in [0.1, 0.15) is 36.3 Å². The number of esters is 1. The third-order valence-electron chi connectivity index (χ3n) is 6.35. The lowest BCUT2D eigenvalue weighted by molar-refractivity contribution is -0.136. The monoisotopic (exact) mass is 451 g/mol. The number of ketones is 1. The van der Waals surface area contributed by atoms with Crippen LogP contribution in [0.15, 0.2) is 65.5 Å². The maximum absolute atomic E-state index is 14.9. The van der Waals surface area contributed by atoms with Gasteiger partial charge in [-0.25, -0.2) is 9.18 Å². The molecule has 2 aliphatic rings. The first-order valence-corrected chi connectivity index (χ1v) is 10.7. The summed E-state index contributed by atoms with van der Waals surface area (Å²) in [7, 11) is 4.41. The highest BCUT2D eigenvalue weighted by atomic mass is 19.1. The lowest BCUT2D eigenvalue weighted by Gasteiger charge is -2.39. The second kappa shape index (κ2) is 9.10. The largest absolute Gasteiger partial charge is 0.493 e. The van der Waals surface area contributed by atoms with E-state index in [1.54, 1.807) is 45.4 Å². The summed E-state index contributed by atoms with van der Waals surface area (Å²) in [5.74, 6) is -1.64. The fourth-order valence-electron chi connectivity index (χ4n) is 4.82. The molecular formula is C26H26FNO5. The number of nitrogens with one attached hydrogen (secondary N) is 1. The number of rotatable bonds is 5. The molecule has 0 aromatic heterocycles. The Kier molecular flexibility index (Phi) is 6.22. The van der Waals surface area contributed by atoms with Crippen molar-refractivity contribution in [1.82, 2.24) is 5.32 Å². The standard InChI is InChI=1S/C26H26FNO5/c1-14-23(26(30)33-4)24(17-7-5-6-8-18(17)27)25-19(28-14)11-16(12-20(25)29)15-9-10-21(31-2)22(13-15)32-3/h5-11,13,16,24-25,28H,12H2,1-4H3. The average molecular weight is 451 g/mol. The van der Waals surface area contributed by atoms with E-state index in [9.17, 15) is 14.0 Å². The highest BCUT2D eigenvalue weighted by molar-refractivity contribution is 5.96. The summed E-state index contributed by atoms with van der Waals surface area (Å²) in [6.07, 6.45) is 2.20. The minimum Gasteiger partial charge on any atom is -0.493 e. The summed E-state index contributed by atoms with van der Waals surface area (Å²) in [5.41, 5.74) is 2.66. The van der Waals surface area contributed by atoms with Crippen molar-refractivity contribution in [3.63, 3.8) is 0 Å². The lowest BCUT2D eigenvalue weighted by Crippen LogP contribution is -2.42. The van der Waals surface area contributed by atoms with Gasteiger partial charge in [-0.15, -0.1) is 0 Å². The van der Waals surface area contributed by atoms with Gasteiger partial charge in [0.2, 0.25) is 0 Å². The number of ether oxygens (including phenoxy) is 3. The SMILES string of the molecule is COC(=O)C1=C(C)NC2=CC(c3ccc(OC)c(OC)c3)CC(=O)C2C1c1ccccc1F. The number of allylic oxidation sites excluding steroid dienone is 3. The molecule has 0 saturated heterocycles. The zero-order valence-electron chi connectivity index (χ0n) is 19.0. The predicted octanol–water partition coefficient (Wildman–Crippen LogP) is 4.23. The highest BCUT2D eigenvalue weighted by Gasteiger charge is 2.45. The van der Waals surface area contributed by atoms with Crippen LogP contribution < -0.4 is 14.8 Å². The first-order chi connectivity index (χ1) is 15.9. The van der Waals surface area contributed by atoms with E-state index < -0.39 is 23.6 Å². The molecule has 172 valence electrons. The van der Waals surface area contributed by atoms with Gasteiger partial charge >= 0.3 is 5.97 Å². The molecule has 1 N–H and O–H groups in total. The van der Waals surface area contributed by atoms with E-state index in [4.69, 9.17) is 14.2 Å². The fraction of sp³-hybridized carbons (Fsp3) is 0.308. The number of fused-ring (bicyclic) bond motifs is 1. The van der Waals surface area contributed by atoms with Crippen molar-refractivity contribution in [2.45, 2.75) is 25.2 Å². The molecule has 6 nitrogen and oxygen atoms in total. The smallest absolute Gasteiger partial charge is 0.336 e. The molecule has 2 aromatic carbocycles. The van der Waals surface area contributed by atoms with E-state index in [1.807, 2.05) is 18.2 Å². The van der Waals surface area contributed by atoms with Crippen LogP contribution in [-0.2, 0) is 14.3 Å². The van der Waals surface area contributed by atoms with E-state index in [0.29, 0.717) is 28.5 Å². The van der Waals surface area contributed by atoms with Crippen LogP contribution in [-0.4, -0.2) is 33.1 Å². The highest BCUT2D eigenvalue weighted by Crippen LogP contribution is 2.47. The molecule has 0 amide bonds. The number of methoxy groups -OCH3 is 3. The zero-order chi connectivity index (χ0) is 23.7. The average Bonchev–Trinajstić information content (AvgIpc) is 2.82. The van der Waals surface area contributed by atoms with Crippen molar-refractivity contribution in [3.8, 4) is 11.5 Å². The third-order valence-corrected chi connectivity index (χ3v) is 6.35. The molecule has 3 unspecified atom stereocenters. The molecule has 4 rings (SSSR count). The van der Waals surface area contributed by atoms with Crippen LogP contribution >= 0.6 is 0 Å². The second-order valence-electron chi connectivity index (χ2n) is 8.15. The Morgan fingerprint density at radius 1 is 1.03 bits per heavy atom. The number of carbonyl (C=O) groups excluding carboxylic acids is 2. The molecule has 0 spiro atoms. The Hall–Kier alpha value is -3.61. The Labute approximate surface area is 192 Å². The molecule has 3 atom stereocenters. The van der Waals surface area contributed by atoms with Gasteiger partial charge in [-0.3, -0.25) is 4.79 Å². The third kappa shape index (κ3) is 3.99. The Balaban J connectivity index is 1.82. The Morgan fingerprint density at radius 3 is 2.42 bits per heavy atom. The molecule has 33 heavy (non-hydrogen) atoms. The van der Waals surface area contributed by atoms with E-state index in [0.717, 1.165) is 5.56 Å².